The zero-order valence-electron chi connectivity index (χ0n) is 17.7. The fourth-order valence-electron chi connectivity index (χ4n) is 3.86. The highest BCUT2D eigenvalue weighted by Crippen LogP contribution is 2.32. The Kier molecular flexibility index (Phi) is 10.9. The van der Waals surface area contributed by atoms with E-state index in [2.05, 4.69) is 58.0 Å². The van der Waals surface area contributed by atoms with E-state index in [0.29, 0.717) is 0 Å². The van der Waals surface area contributed by atoms with Crippen molar-refractivity contribution in [2.45, 2.75) is 26.3 Å². The van der Waals surface area contributed by atoms with Crippen molar-refractivity contribution < 1.29 is 17.9 Å². The van der Waals surface area contributed by atoms with Crippen LogP contribution in [-0.2, 0) is 0 Å². The number of piperazine rings is 1. The van der Waals surface area contributed by atoms with E-state index in [1.807, 2.05) is 0 Å². The molecular weight excluding hydrogens is 450 g/mol. The Morgan fingerprint density at radius 1 is 0.903 bits per heavy atom. The molecule has 1 aliphatic heterocycles. The van der Waals surface area contributed by atoms with Crippen LogP contribution in [0.25, 0.3) is 0 Å². The molecule has 0 bridgehead atoms. The minimum atomic E-state index is -4.68. The van der Waals surface area contributed by atoms with Gasteiger partial charge in [0.2, 0.25) is 0 Å². The fourth-order valence-corrected chi connectivity index (χ4v) is 3.86. The van der Waals surface area contributed by atoms with Gasteiger partial charge >= 0.3 is 6.36 Å². The van der Waals surface area contributed by atoms with E-state index >= 15 is 0 Å². The van der Waals surface area contributed by atoms with Crippen molar-refractivity contribution in [3.05, 3.63) is 59.7 Å². The van der Waals surface area contributed by atoms with Gasteiger partial charge in [-0.15, -0.1) is 38.0 Å². The van der Waals surface area contributed by atoms with E-state index in [-0.39, 0.29) is 36.6 Å². The molecule has 4 nitrogen and oxygen atoms in total. The Labute approximate surface area is 194 Å². The molecule has 0 aliphatic carbocycles. The van der Waals surface area contributed by atoms with E-state index in [4.69, 9.17) is 0 Å². The molecule has 3 rings (SSSR count). The minimum Gasteiger partial charge on any atom is -0.406 e. The third-order valence-corrected chi connectivity index (χ3v) is 5.28. The molecule has 0 amide bonds. The predicted octanol–water partition coefficient (Wildman–Crippen LogP) is 5.27. The van der Waals surface area contributed by atoms with Crippen LogP contribution in [0.15, 0.2) is 48.5 Å². The Morgan fingerprint density at radius 3 is 1.84 bits per heavy atom. The van der Waals surface area contributed by atoms with Gasteiger partial charge in [0, 0.05) is 45.0 Å². The van der Waals surface area contributed by atoms with E-state index in [0.717, 1.165) is 50.4 Å². The first kappa shape index (κ1) is 27.4. The van der Waals surface area contributed by atoms with Gasteiger partial charge in [-0.2, -0.15) is 0 Å². The number of nitrogens with zero attached hydrogens (tertiary/aromatic N) is 2. The van der Waals surface area contributed by atoms with Crippen LogP contribution in [0.2, 0.25) is 0 Å². The molecule has 1 N–H and O–H groups in total. The van der Waals surface area contributed by atoms with Crippen molar-refractivity contribution in [2.75, 3.05) is 44.2 Å². The predicted molar refractivity (Wildman–Crippen MR) is 124 cm³/mol. The van der Waals surface area contributed by atoms with Gasteiger partial charge in [0.15, 0.2) is 0 Å². The second-order valence-corrected chi connectivity index (χ2v) is 7.07. The Morgan fingerprint density at radius 2 is 1.39 bits per heavy atom. The largest absolute Gasteiger partial charge is 0.573 e. The van der Waals surface area contributed by atoms with Gasteiger partial charge in [-0.05, 0) is 49.2 Å². The summed E-state index contributed by atoms with van der Waals surface area (Å²) in [5.74, 6) is -0.197. The van der Waals surface area contributed by atoms with Gasteiger partial charge in [-0.25, -0.2) is 0 Å². The summed E-state index contributed by atoms with van der Waals surface area (Å²) in [4.78, 5) is 4.65. The molecule has 1 heterocycles. The summed E-state index contributed by atoms with van der Waals surface area (Å²) < 4.78 is 41.5. The first-order valence-electron chi connectivity index (χ1n) is 10.1. The summed E-state index contributed by atoms with van der Waals surface area (Å²) in [5.41, 5.74) is 3.26. The van der Waals surface area contributed by atoms with Gasteiger partial charge in [-0.3, -0.25) is 4.90 Å². The highest BCUT2D eigenvalue weighted by atomic mass is 35.5. The molecule has 0 radical (unpaired) electrons. The summed E-state index contributed by atoms with van der Waals surface area (Å²) in [6.45, 7) is 9.69. The first-order valence-corrected chi connectivity index (χ1v) is 10.1. The molecular formula is C22H30Cl2F3N3O. The molecule has 2 aromatic rings. The van der Waals surface area contributed by atoms with Crippen LogP contribution in [0, 0.1) is 0 Å². The summed E-state index contributed by atoms with van der Waals surface area (Å²) in [6, 6.07) is 14.7. The van der Waals surface area contributed by atoms with Crippen LogP contribution in [0.4, 0.5) is 18.9 Å². The van der Waals surface area contributed by atoms with E-state index in [9.17, 15) is 13.2 Å². The Balaban J connectivity index is 0.00000240. The van der Waals surface area contributed by atoms with Crippen molar-refractivity contribution in [3.63, 3.8) is 0 Å². The average molecular weight is 480 g/mol. The highest BCUT2D eigenvalue weighted by Gasteiger charge is 2.31. The lowest BCUT2D eigenvalue weighted by atomic mass is 9.96. The van der Waals surface area contributed by atoms with Crippen molar-refractivity contribution in [1.29, 1.82) is 0 Å². The average Bonchev–Trinajstić information content (AvgIpc) is 2.71. The molecule has 174 valence electrons. The molecule has 0 spiro atoms. The van der Waals surface area contributed by atoms with Crippen molar-refractivity contribution in [1.82, 2.24) is 10.2 Å². The van der Waals surface area contributed by atoms with Crippen LogP contribution in [0.5, 0.6) is 5.75 Å². The third kappa shape index (κ3) is 7.45. The normalized spacial score (nSPS) is 15.4. The second kappa shape index (κ2) is 12.4. The van der Waals surface area contributed by atoms with Crippen LogP contribution in [0.3, 0.4) is 0 Å². The van der Waals surface area contributed by atoms with Crippen molar-refractivity contribution >= 4 is 30.5 Å². The molecule has 0 aromatic heterocycles. The lowest BCUT2D eigenvalue weighted by Crippen LogP contribution is -2.45. The number of nitrogens with one attached hydrogen (secondary N) is 1. The van der Waals surface area contributed by atoms with Crippen LogP contribution in [0.1, 0.15) is 31.0 Å². The number of halogens is 5. The molecule has 1 atom stereocenters. The van der Waals surface area contributed by atoms with Gasteiger partial charge < -0.3 is 15.0 Å². The molecule has 1 aliphatic rings. The quantitative estimate of drug-likeness (QED) is 0.585. The van der Waals surface area contributed by atoms with E-state index < -0.39 is 6.36 Å². The molecule has 31 heavy (non-hydrogen) atoms. The minimum absolute atomic E-state index is 0. The number of alkyl halides is 3. The number of benzene rings is 2. The fraction of sp³-hybridized carbons (Fsp3) is 0.455. The van der Waals surface area contributed by atoms with Crippen molar-refractivity contribution in [2.24, 2.45) is 0 Å². The maximum atomic E-state index is 12.5. The first-order chi connectivity index (χ1) is 13.9. The lowest BCUT2D eigenvalue weighted by molar-refractivity contribution is -0.274. The summed E-state index contributed by atoms with van der Waals surface area (Å²) in [7, 11) is 0. The van der Waals surface area contributed by atoms with Gasteiger partial charge in [0.05, 0.1) is 6.04 Å². The molecule has 1 saturated heterocycles. The maximum Gasteiger partial charge on any atom is 0.573 e. The highest BCUT2D eigenvalue weighted by molar-refractivity contribution is 5.85. The molecule has 0 saturated carbocycles. The van der Waals surface area contributed by atoms with Crippen LogP contribution < -0.4 is 15.0 Å². The Hall–Kier alpha value is -1.67. The SMILES string of the molecule is CCN(CC)c1ccc([C@H](c2ccc(OC(F)(F)F)cc2)N2CCNCC2)cc1.Cl.Cl. The van der Waals surface area contributed by atoms with Gasteiger partial charge in [0.25, 0.3) is 0 Å². The lowest BCUT2D eigenvalue weighted by Gasteiger charge is -2.36. The van der Waals surface area contributed by atoms with Crippen molar-refractivity contribution in [3.8, 4) is 5.75 Å². The summed E-state index contributed by atoms with van der Waals surface area (Å²) in [5, 5.41) is 3.35. The third-order valence-electron chi connectivity index (χ3n) is 5.28. The second-order valence-electron chi connectivity index (χ2n) is 7.07. The monoisotopic (exact) mass is 479 g/mol. The molecule has 9 heteroatoms. The van der Waals surface area contributed by atoms with E-state index in [1.54, 1.807) is 12.1 Å². The molecule has 0 unspecified atom stereocenters. The topological polar surface area (TPSA) is 27.7 Å². The summed E-state index contributed by atoms with van der Waals surface area (Å²) in [6.07, 6.45) is -4.68. The number of hydrogen-bond donors (Lipinski definition) is 1. The zero-order chi connectivity index (χ0) is 20.9. The Bertz CT molecular complexity index is 763. The van der Waals surface area contributed by atoms with E-state index in [1.165, 1.54) is 17.8 Å². The standard InChI is InChI=1S/C22H28F3N3O.2ClH/c1-3-27(4-2)19-9-5-17(6-10-19)21(28-15-13-26-14-16-28)18-7-11-20(12-8-18)29-22(23,24)25;;/h5-12,21,26H,3-4,13-16H2,1-2H3;2*1H/t21-;;/m1../s1. The number of hydrogen-bond acceptors (Lipinski definition) is 4. The van der Waals surface area contributed by atoms with Gasteiger partial charge in [0.1, 0.15) is 5.75 Å². The number of rotatable bonds is 7. The molecule has 1 fully saturated rings. The molecule has 2 aromatic carbocycles. The van der Waals surface area contributed by atoms with Crippen LogP contribution in [-0.4, -0.2) is 50.5 Å². The maximum absolute atomic E-state index is 12.5. The summed E-state index contributed by atoms with van der Waals surface area (Å²) >= 11 is 0. The van der Waals surface area contributed by atoms with Gasteiger partial charge in [-0.1, -0.05) is 24.3 Å². The van der Waals surface area contributed by atoms with Crippen LogP contribution >= 0.6 is 24.8 Å². The smallest absolute Gasteiger partial charge is 0.406 e. The number of anilines is 1. The number of ether oxygens (including phenoxy) is 1. The zero-order valence-corrected chi connectivity index (χ0v) is 19.3.